The van der Waals surface area contributed by atoms with Crippen LogP contribution in [0.3, 0.4) is 0 Å². The number of nitrogens with zero attached hydrogens (tertiary/aromatic N) is 2. The Bertz CT molecular complexity index is 397. The number of benzene rings is 1. The first-order valence-corrected chi connectivity index (χ1v) is 5.18. The van der Waals surface area contributed by atoms with Gasteiger partial charge in [0.05, 0.1) is 5.69 Å². The van der Waals surface area contributed by atoms with Crippen LogP contribution in [0.5, 0.6) is 0 Å². The molecule has 0 fully saturated rings. The van der Waals surface area contributed by atoms with E-state index in [4.69, 9.17) is 0 Å². The molecule has 0 radical (unpaired) electrons. The Morgan fingerprint density at radius 2 is 1.87 bits per heavy atom. The summed E-state index contributed by atoms with van der Waals surface area (Å²) in [4.78, 5) is 0. The van der Waals surface area contributed by atoms with Crippen LogP contribution in [0.1, 0.15) is 24.1 Å². The second kappa shape index (κ2) is 4.69. The Balaban J connectivity index is 2.08. The Labute approximate surface area is 90.0 Å². The van der Waals surface area contributed by atoms with E-state index in [1.807, 2.05) is 18.2 Å². The summed E-state index contributed by atoms with van der Waals surface area (Å²) in [5, 5.41) is 7.98. The molecule has 0 spiro atoms. The van der Waals surface area contributed by atoms with Crippen molar-refractivity contribution in [1.82, 2.24) is 10.2 Å². The fourth-order valence-corrected chi connectivity index (χ4v) is 1.66. The smallest absolute Gasteiger partial charge is 0.0637 e. The first kappa shape index (κ1) is 9.84. The van der Waals surface area contributed by atoms with Crippen molar-refractivity contribution in [3.8, 4) is 0 Å². The van der Waals surface area contributed by atoms with Crippen molar-refractivity contribution in [2.75, 3.05) is 0 Å². The fraction of sp³-hybridized carbons (Fsp3) is 0.231. The molecule has 0 aliphatic rings. The summed E-state index contributed by atoms with van der Waals surface area (Å²) in [6, 6.07) is 14.4. The van der Waals surface area contributed by atoms with Gasteiger partial charge in [0.2, 0.25) is 0 Å². The lowest BCUT2D eigenvalue weighted by molar-refractivity contribution is 0.726. The van der Waals surface area contributed by atoms with Crippen LogP contribution in [0.4, 0.5) is 0 Å². The third-order valence-electron chi connectivity index (χ3n) is 2.51. The maximum Gasteiger partial charge on any atom is 0.0637 e. The summed E-state index contributed by atoms with van der Waals surface area (Å²) in [5.41, 5.74) is 2.40. The molecular formula is C13H14N2. The highest BCUT2D eigenvalue weighted by Gasteiger charge is 2.06. The normalized spacial score (nSPS) is 12.3. The summed E-state index contributed by atoms with van der Waals surface area (Å²) in [6.07, 6.45) is 2.65. The summed E-state index contributed by atoms with van der Waals surface area (Å²) in [7, 11) is 0. The molecule has 2 nitrogen and oxygen atoms in total. The fourth-order valence-electron chi connectivity index (χ4n) is 1.66. The van der Waals surface area contributed by atoms with E-state index >= 15 is 0 Å². The average molecular weight is 198 g/mol. The number of rotatable bonds is 3. The topological polar surface area (TPSA) is 25.8 Å². The van der Waals surface area contributed by atoms with Gasteiger partial charge in [-0.3, -0.25) is 0 Å². The van der Waals surface area contributed by atoms with Gasteiger partial charge in [0.15, 0.2) is 0 Å². The quantitative estimate of drug-likeness (QED) is 0.757. The second-order valence-electron chi connectivity index (χ2n) is 3.73. The van der Waals surface area contributed by atoms with Crippen LogP contribution >= 0.6 is 0 Å². The molecule has 1 heterocycles. The molecule has 1 aromatic heterocycles. The van der Waals surface area contributed by atoms with Crippen molar-refractivity contribution in [2.24, 2.45) is 0 Å². The van der Waals surface area contributed by atoms with Gasteiger partial charge in [-0.15, -0.1) is 0 Å². The maximum atomic E-state index is 4.09. The van der Waals surface area contributed by atoms with Crippen molar-refractivity contribution in [3.63, 3.8) is 0 Å². The van der Waals surface area contributed by atoms with E-state index in [9.17, 15) is 0 Å². The molecule has 0 saturated carbocycles. The molecule has 1 aromatic carbocycles. The zero-order valence-electron chi connectivity index (χ0n) is 8.80. The van der Waals surface area contributed by atoms with Crippen LogP contribution in [0.15, 0.2) is 48.7 Å². The molecule has 2 aromatic rings. The molecule has 0 aliphatic carbocycles. The van der Waals surface area contributed by atoms with E-state index in [0.29, 0.717) is 5.92 Å². The monoisotopic (exact) mass is 198 g/mol. The largest absolute Gasteiger partial charge is 0.159 e. The van der Waals surface area contributed by atoms with E-state index in [-0.39, 0.29) is 0 Å². The minimum atomic E-state index is 0.489. The van der Waals surface area contributed by atoms with E-state index in [2.05, 4.69) is 41.4 Å². The molecule has 76 valence electrons. The van der Waals surface area contributed by atoms with Crippen molar-refractivity contribution in [3.05, 3.63) is 59.9 Å². The van der Waals surface area contributed by atoms with Gasteiger partial charge in [0.1, 0.15) is 0 Å². The average Bonchev–Trinajstić information content (AvgIpc) is 2.31. The molecule has 0 amide bonds. The van der Waals surface area contributed by atoms with E-state index < -0.39 is 0 Å². The van der Waals surface area contributed by atoms with Gasteiger partial charge >= 0.3 is 0 Å². The second-order valence-corrected chi connectivity index (χ2v) is 3.73. The van der Waals surface area contributed by atoms with Crippen LogP contribution in [-0.2, 0) is 6.42 Å². The highest BCUT2D eigenvalue weighted by molar-refractivity contribution is 5.20. The lowest BCUT2D eigenvalue weighted by Crippen LogP contribution is -2.00. The molecule has 0 aliphatic heterocycles. The molecule has 0 bridgehead atoms. The minimum Gasteiger partial charge on any atom is -0.159 e. The predicted octanol–water partition coefficient (Wildman–Crippen LogP) is 2.82. The van der Waals surface area contributed by atoms with Crippen LogP contribution in [0, 0.1) is 0 Å². The highest BCUT2D eigenvalue weighted by atomic mass is 15.1. The van der Waals surface area contributed by atoms with E-state index in [1.54, 1.807) is 6.20 Å². The summed E-state index contributed by atoms with van der Waals surface area (Å²) >= 11 is 0. The molecular weight excluding hydrogens is 184 g/mol. The number of aromatic nitrogens is 2. The maximum absolute atomic E-state index is 4.09. The Hall–Kier alpha value is -1.70. The minimum absolute atomic E-state index is 0.489. The predicted molar refractivity (Wildman–Crippen MR) is 60.6 cm³/mol. The summed E-state index contributed by atoms with van der Waals surface area (Å²) < 4.78 is 0. The van der Waals surface area contributed by atoms with Crippen molar-refractivity contribution >= 4 is 0 Å². The Kier molecular flexibility index (Phi) is 3.08. The van der Waals surface area contributed by atoms with Gasteiger partial charge in [-0.25, -0.2) is 0 Å². The first-order chi connectivity index (χ1) is 7.36. The Morgan fingerprint density at radius 1 is 1.07 bits per heavy atom. The number of hydrogen-bond acceptors (Lipinski definition) is 2. The van der Waals surface area contributed by atoms with Crippen molar-refractivity contribution in [1.29, 1.82) is 0 Å². The van der Waals surface area contributed by atoms with Gasteiger partial charge in [0.25, 0.3) is 0 Å². The van der Waals surface area contributed by atoms with Gasteiger partial charge in [-0.1, -0.05) is 37.3 Å². The van der Waals surface area contributed by atoms with Gasteiger partial charge in [-0.2, -0.15) is 10.2 Å². The first-order valence-electron chi connectivity index (χ1n) is 5.18. The van der Waals surface area contributed by atoms with Crippen LogP contribution in [0.2, 0.25) is 0 Å². The van der Waals surface area contributed by atoms with Gasteiger partial charge in [0, 0.05) is 6.20 Å². The molecule has 0 saturated heterocycles. The van der Waals surface area contributed by atoms with Crippen molar-refractivity contribution < 1.29 is 0 Å². The van der Waals surface area contributed by atoms with Crippen LogP contribution in [0.25, 0.3) is 0 Å². The Morgan fingerprint density at radius 3 is 2.53 bits per heavy atom. The molecule has 0 N–H and O–H groups in total. The lowest BCUT2D eigenvalue weighted by Gasteiger charge is -2.10. The van der Waals surface area contributed by atoms with Gasteiger partial charge < -0.3 is 0 Å². The molecule has 15 heavy (non-hydrogen) atoms. The van der Waals surface area contributed by atoms with Crippen LogP contribution < -0.4 is 0 Å². The molecule has 1 unspecified atom stereocenters. The van der Waals surface area contributed by atoms with Crippen molar-refractivity contribution in [2.45, 2.75) is 19.3 Å². The molecule has 2 heteroatoms. The standard InChI is InChI=1S/C13H14N2/c1-11(12-6-3-2-4-7-12)10-13-8-5-9-14-15-13/h2-9,11H,10H2,1H3. The lowest BCUT2D eigenvalue weighted by atomic mass is 9.96. The zero-order valence-corrected chi connectivity index (χ0v) is 8.80. The van der Waals surface area contributed by atoms with Gasteiger partial charge in [-0.05, 0) is 30.0 Å². The molecule has 2 rings (SSSR count). The summed E-state index contributed by atoms with van der Waals surface area (Å²) in [5.74, 6) is 0.489. The SMILES string of the molecule is CC(Cc1cccnn1)c1ccccc1. The van der Waals surface area contributed by atoms with E-state index in [1.165, 1.54) is 5.56 Å². The number of hydrogen-bond donors (Lipinski definition) is 0. The zero-order chi connectivity index (χ0) is 10.5. The summed E-state index contributed by atoms with van der Waals surface area (Å²) in [6.45, 7) is 2.21. The third kappa shape index (κ3) is 2.62. The molecule has 1 atom stereocenters. The van der Waals surface area contributed by atoms with Crippen LogP contribution in [-0.4, -0.2) is 10.2 Å². The third-order valence-corrected chi connectivity index (χ3v) is 2.51. The highest BCUT2D eigenvalue weighted by Crippen LogP contribution is 2.18. The van der Waals surface area contributed by atoms with E-state index in [0.717, 1.165) is 12.1 Å².